The van der Waals surface area contributed by atoms with Gasteiger partial charge in [0.05, 0.1) is 22.0 Å². The molecule has 4 rings (SSSR count). The SMILES string of the molecule is CC(CCO)S(=O)(=O)c1ccc(-c2cnc(N)c(-c3nnc(-c4ccc(CNCCF)cc4)o3)n2)cc1.PP(P)P(P(P)P)P(P(P(P)P)P(P)P)P(P(P(P)P)P(P)P)P(P(P(P(P)P)P(P)P)P(P(P)P)P(P)P)P(P(P(P(P)P)P(P)P)P(P(P)P)P(P)P)P(P(P(P)P)P(P)P)P(P(P)P)P(P)P. The molecule has 0 radical (unpaired) electrons. The fourth-order valence-electron chi connectivity index (χ4n) is 7.82. The Hall–Kier alpha value is 26.4. The van der Waals surface area contributed by atoms with E-state index in [0.29, 0.717) is 29.9 Å². The van der Waals surface area contributed by atoms with Gasteiger partial charge >= 0.3 is 0 Å². The molecule has 0 aliphatic carbocycles. The zero-order valence-electron chi connectivity index (χ0n) is 56.1. The van der Waals surface area contributed by atoms with Crippen LogP contribution in [-0.4, -0.2) is 58.8 Å². The van der Waals surface area contributed by atoms with Gasteiger partial charge < -0.3 is 20.6 Å². The molecular weight excluding hydrogens is 2670 g/mol. The van der Waals surface area contributed by atoms with E-state index in [1.807, 2.05) is 24.3 Å². The Bertz CT molecular complexity index is 3100. The number of hydrogen-bond acceptors (Lipinski definition) is 10. The van der Waals surface area contributed by atoms with Crippen molar-refractivity contribution in [1.82, 2.24) is 25.5 Å². The zero-order valence-corrected chi connectivity index (χ0v) is 129. The van der Waals surface area contributed by atoms with E-state index in [0.717, 1.165) is 5.56 Å². The zero-order chi connectivity index (χ0) is 82.0. The van der Waals surface area contributed by atoms with Crippen molar-refractivity contribution in [2.75, 3.05) is 25.6 Å². The van der Waals surface area contributed by atoms with E-state index in [1.54, 1.807) is 19.1 Å². The minimum Gasteiger partial charge on any atom is -0.414 e. The summed E-state index contributed by atoms with van der Waals surface area (Å²) in [5.74, 6) is 0.467. The Morgan fingerprint density at radius 1 is 0.411 bits per heavy atom. The third-order valence-corrected chi connectivity index (χ3v) is 504. The summed E-state index contributed by atoms with van der Waals surface area (Å²) in [6.45, 7) is -8.14. The maximum absolute atomic E-state index is 12.7. The van der Waals surface area contributed by atoms with E-state index in [9.17, 15) is 12.8 Å². The second-order valence-electron chi connectivity index (χ2n) is 19.5. The number of benzene rings is 2. The van der Waals surface area contributed by atoms with E-state index in [2.05, 4.69) is 347 Å². The second-order valence-corrected chi connectivity index (χ2v) is 311. The van der Waals surface area contributed by atoms with Crippen molar-refractivity contribution >= 4 is 575 Å². The molecule has 82 heteroatoms. The molecule has 107 heavy (non-hydrogen) atoms. The van der Waals surface area contributed by atoms with Gasteiger partial charge in [0.1, 0.15) is 6.67 Å². The van der Waals surface area contributed by atoms with Crippen LogP contribution in [0.15, 0.2) is 64.0 Å². The molecule has 39 unspecified atom stereocenters. The molecule has 0 amide bonds. The number of anilines is 1. The van der Waals surface area contributed by atoms with Crippen molar-refractivity contribution in [2.45, 2.75) is 30.0 Å². The highest BCUT2D eigenvalue weighted by molar-refractivity contribution is 9.56. The number of nitrogens with two attached hydrogens (primary N) is 1. The molecule has 0 fully saturated rings. The number of halogens is 1. The first-order valence-corrected chi connectivity index (χ1v) is 156. The van der Waals surface area contributed by atoms with Crippen LogP contribution in [0.3, 0.4) is 0 Å². The van der Waals surface area contributed by atoms with Gasteiger partial charge in [-0.05, 0) is 281 Å². The van der Waals surface area contributed by atoms with Gasteiger partial charge in [0, 0.05) is 30.8 Å². The van der Waals surface area contributed by atoms with E-state index in [1.165, 1.54) is 18.3 Å². The topological polar surface area (TPSA) is 157 Å². The Labute approximate surface area is 762 Å². The lowest BCUT2D eigenvalue weighted by Crippen LogP contribution is -2.19. The van der Waals surface area contributed by atoms with E-state index in [4.69, 9.17) is 15.3 Å². The molecule has 616 valence electrons. The first kappa shape index (κ1) is 128. The minimum absolute atomic E-state index is 0.0903. The molecular formula is C25H99FN6O4P70S. The lowest BCUT2D eigenvalue weighted by Gasteiger charge is -2.61. The monoisotopic (exact) mass is 2770 g/mol. The Balaban J connectivity index is 0.000000664. The molecule has 10 nitrogen and oxygen atoms in total. The van der Waals surface area contributed by atoms with E-state index < -0.39 is 21.8 Å². The predicted molar refractivity (Wildman–Crippen MR) is 721 cm³/mol. The van der Waals surface area contributed by atoms with Crippen LogP contribution in [0.1, 0.15) is 18.9 Å². The number of aromatic nitrogens is 4. The number of nitrogens with zero attached hydrogens (tertiary/aromatic N) is 4. The quantitative estimate of drug-likeness (QED) is 0.0288. The number of nitrogen functional groups attached to an aromatic ring is 1. The number of sulfone groups is 1. The average molecular weight is 2770 g/mol. The summed E-state index contributed by atoms with van der Waals surface area (Å²) in [4.78, 5) is 8.88. The first-order chi connectivity index (χ1) is 49.6. The summed E-state index contributed by atoms with van der Waals surface area (Å²) in [7, 11) is 127. The Morgan fingerprint density at radius 3 is 0.944 bits per heavy atom. The van der Waals surface area contributed by atoms with Crippen LogP contribution in [0.5, 0.6) is 0 Å². The molecule has 0 bridgehead atoms. The third-order valence-electron chi connectivity index (χ3n) is 11.9. The fourth-order valence-corrected chi connectivity index (χ4v) is 1030. The Kier molecular flexibility index (Phi) is 80.1. The van der Waals surface area contributed by atoms with Crippen LogP contribution in [0.25, 0.3) is 34.3 Å². The molecule has 0 saturated heterocycles. The molecule has 4 aromatic rings. The van der Waals surface area contributed by atoms with Gasteiger partial charge in [0.15, 0.2) is 21.3 Å². The van der Waals surface area contributed by atoms with Gasteiger partial charge in [-0.2, -0.15) is 0 Å². The molecule has 2 heterocycles. The van der Waals surface area contributed by atoms with Crippen LogP contribution in [-0.2, 0) is 16.4 Å². The van der Waals surface area contributed by atoms with Crippen molar-refractivity contribution in [3.8, 4) is 34.3 Å². The van der Waals surface area contributed by atoms with Crippen LogP contribution in [0.2, 0.25) is 0 Å². The maximum atomic E-state index is 12.7. The normalized spacial score (nSPS) is 14.4. The van der Waals surface area contributed by atoms with Crippen LogP contribution in [0, 0.1) is 0 Å². The summed E-state index contributed by atoms with van der Waals surface area (Å²) in [5, 5.41) is 19.5. The van der Waals surface area contributed by atoms with Crippen molar-refractivity contribution in [3.05, 3.63) is 60.3 Å². The third kappa shape index (κ3) is 41.7. The molecule has 0 aliphatic heterocycles. The molecule has 0 spiro atoms. The molecule has 0 saturated carbocycles. The van der Waals surface area contributed by atoms with Gasteiger partial charge in [-0.25, -0.2) is 22.8 Å². The standard InChI is InChI=1S/C25H27FN6O4S.H72P70/c1-16(10-13-33)37(34,35)20-8-6-18(7-9-20)21-15-29-23(27)22(30-21)25-32-31-24(36-25)19-4-2-17(3-5-19)14-28-12-11-26;1-37(2)55(38(3)4)64(56(39(5)6)40(7)8)68(63(53(33)34)54(35)36)70(67(61(49(25)26)50(27)28)62(51(29)30)52(31)32)69(65(57(41(9)10)42(11)12)58(43(13)14)44(15)16)66(59(45(17)18)46(19)20)60(47(21)22)48(23)24/h2-9,15-16,28,33H,10-14H2,1H3,(H2,27,29);1-36H2. The molecule has 39 atom stereocenters. The lowest BCUT2D eigenvalue weighted by molar-refractivity contribution is 0.287. The molecule has 0 aliphatic rings. The number of aliphatic hydroxyl groups excluding tert-OH is 1. The van der Waals surface area contributed by atoms with Gasteiger partial charge in [-0.1, -0.05) is 24.3 Å². The largest absolute Gasteiger partial charge is 0.414 e. The van der Waals surface area contributed by atoms with Crippen molar-refractivity contribution in [3.63, 3.8) is 0 Å². The second kappa shape index (κ2) is 67.2. The summed E-state index contributed by atoms with van der Waals surface area (Å²) in [6, 6.07) is 13.7. The summed E-state index contributed by atoms with van der Waals surface area (Å²) < 4.78 is 43.4. The number of alkyl halides is 1. The van der Waals surface area contributed by atoms with Gasteiger partial charge in [-0.3, -0.25) is 0 Å². The minimum atomic E-state index is -3.56. The highest BCUT2D eigenvalue weighted by atomic mass is 33.6. The Morgan fingerprint density at radius 2 is 0.673 bits per heavy atom. The fraction of sp³-hybridized carbons (Fsp3) is 0.280. The smallest absolute Gasteiger partial charge is 0.270 e. The van der Waals surface area contributed by atoms with Crippen LogP contribution in [0.4, 0.5) is 10.2 Å². The summed E-state index contributed by atoms with van der Waals surface area (Å²) >= 11 is 0. The van der Waals surface area contributed by atoms with Crippen molar-refractivity contribution in [1.29, 1.82) is 0 Å². The first-order valence-electron chi connectivity index (χ1n) is 27.5. The molecule has 2 aromatic heterocycles. The van der Waals surface area contributed by atoms with Gasteiger partial charge in [0.25, 0.3) is 5.89 Å². The molecule has 2 aromatic carbocycles. The van der Waals surface area contributed by atoms with E-state index in [-0.39, 0.29) is 279 Å². The van der Waals surface area contributed by atoms with Crippen molar-refractivity contribution < 1.29 is 22.3 Å². The maximum Gasteiger partial charge on any atom is 0.270 e. The summed E-state index contributed by atoms with van der Waals surface area (Å²) in [5.41, 5.74) is 8.99. The number of aliphatic hydroxyl groups is 1. The van der Waals surface area contributed by atoms with Crippen LogP contribution < -0.4 is 11.1 Å². The van der Waals surface area contributed by atoms with Crippen LogP contribution >= 0.6 is 559 Å². The number of rotatable bonds is 44. The van der Waals surface area contributed by atoms with Gasteiger partial charge in [-0.15, -0.1) is 332 Å². The van der Waals surface area contributed by atoms with Crippen molar-refractivity contribution in [2.24, 2.45) is 0 Å². The van der Waals surface area contributed by atoms with E-state index >= 15 is 0 Å². The predicted octanol–water partition coefficient (Wildman–Crippen LogP) is 44.1. The lowest BCUT2D eigenvalue weighted by atomic mass is 10.1. The highest BCUT2D eigenvalue weighted by Gasteiger charge is 2.63. The number of nitrogens with one attached hydrogen (secondary N) is 1. The highest BCUT2D eigenvalue weighted by Crippen LogP contribution is 3.50. The number of hydrogen-bond donors (Lipinski definition) is 3. The average Bonchev–Trinajstić information content (AvgIpc) is 1.01. The van der Waals surface area contributed by atoms with Gasteiger partial charge in [0.2, 0.25) is 5.89 Å². The molecule has 4 N–H and O–H groups in total. The summed E-state index contributed by atoms with van der Waals surface area (Å²) in [6.07, 6.45) is 1.63.